The molecule has 0 fully saturated rings. The van der Waals surface area contributed by atoms with Gasteiger partial charge in [-0.05, 0) is 60.0 Å². The lowest BCUT2D eigenvalue weighted by Crippen LogP contribution is -2.40. The SMILES string of the molecule is Cc1nn(C)c2nc(-c3ccco3)cc(C(=O)N3CCc4sccc4C3c3cccs3)c12. The molecule has 1 unspecified atom stereocenters. The summed E-state index contributed by atoms with van der Waals surface area (Å²) in [5, 5.41) is 9.56. The summed E-state index contributed by atoms with van der Waals surface area (Å²) in [6, 6.07) is 11.8. The second kappa shape index (κ2) is 7.43. The summed E-state index contributed by atoms with van der Waals surface area (Å²) < 4.78 is 7.33. The van der Waals surface area contributed by atoms with Crippen LogP contribution in [0.25, 0.3) is 22.5 Å². The van der Waals surface area contributed by atoms with Crippen LogP contribution in [-0.2, 0) is 13.5 Å². The Labute approximate surface area is 192 Å². The van der Waals surface area contributed by atoms with Gasteiger partial charge in [0.15, 0.2) is 11.4 Å². The number of furan rings is 1. The van der Waals surface area contributed by atoms with Gasteiger partial charge in [-0.1, -0.05) is 6.07 Å². The zero-order chi connectivity index (χ0) is 21.8. The van der Waals surface area contributed by atoms with Crippen molar-refractivity contribution in [3.63, 3.8) is 0 Å². The highest BCUT2D eigenvalue weighted by molar-refractivity contribution is 7.10. The van der Waals surface area contributed by atoms with Gasteiger partial charge in [0.25, 0.3) is 5.91 Å². The molecule has 0 N–H and O–H groups in total. The second-order valence-electron chi connectivity index (χ2n) is 7.91. The van der Waals surface area contributed by atoms with Crippen LogP contribution in [0.2, 0.25) is 0 Å². The summed E-state index contributed by atoms with van der Waals surface area (Å²) in [5.74, 6) is 0.630. The van der Waals surface area contributed by atoms with E-state index in [4.69, 9.17) is 9.40 Å². The number of thiophene rings is 2. The monoisotopic (exact) mass is 460 g/mol. The van der Waals surface area contributed by atoms with E-state index in [1.807, 2.05) is 43.1 Å². The van der Waals surface area contributed by atoms with Crippen LogP contribution in [0.1, 0.15) is 37.4 Å². The third-order valence-electron chi connectivity index (χ3n) is 6.01. The molecule has 0 aromatic carbocycles. The Morgan fingerprint density at radius 2 is 2.09 bits per heavy atom. The van der Waals surface area contributed by atoms with Crippen LogP contribution in [-0.4, -0.2) is 32.1 Å². The van der Waals surface area contributed by atoms with Crippen LogP contribution in [0.15, 0.2) is 57.8 Å². The number of carbonyl (C=O) groups excluding carboxylic acids is 1. The van der Waals surface area contributed by atoms with Crippen LogP contribution in [0.5, 0.6) is 0 Å². The molecule has 1 amide bonds. The highest BCUT2D eigenvalue weighted by Gasteiger charge is 2.35. The molecule has 1 aliphatic heterocycles. The van der Waals surface area contributed by atoms with Crippen molar-refractivity contribution in [2.75, 3.05) is 6.54 Å². The smallest absolute Gasteiger partial charge is 0.255 e. The summed E-state index contributed by atoms with van der Waals surface area (Å²) in [7, 11) is 1.86. The van der Waals surface area contributed by atoms with E-state index in [-0.39, 0.29) is 11.9 Å². The van der Waals surface area contributed by atoms with Gasteiger partial charge in [0.1, 0.15) is 5.69 Å². The molecule has 0 saturated heterocycles. The molecule has 6 heterocycles. The average Bonchev–Trinajstić information content (AvgIpc) is 3.59. The van der Waals surface area contributed by atoms with Gasteiger partial charge in [0.2, 0.25) is 0 Å². The maximum absolute atomic E-state index is 14.2. The molecule has 5 aromatic rings. The summed E-state index contributed by atoms with van der Waals surface area (Å²) in [6.07, 6.45) is 2.48. The Balaban J connectivity index is 1.54. The van der Waals surface area contributed by atoms with Crippen molar-refractivity contribution >= 4 is 39.6 Å². The maximum atomic E-state index is 14.2. The van der Waals surface area contributed by atoms with Gasteiger partial charge < -0.3 is 9.32 Å². The number of carbonyl (C=O) groups is 1. The minimum atomic E-state index is -0.0789. The number of hydrogen-bond donors (Lipinski definition) is 0. The first-order valence-corrected chi connectivity index (χ1v) is 12.2. The maximum Gasteiger partial charge on any atom is 0.255 e. The molecule has 0 spiro atoms. The topological polar surface area (TPSA) is 64.2 Å². The molecule has 0 aliphatic carbocycles. The van der Waals surface area contributed by atoms with Crippen LogP contribution >= 0.6 is 22.7 Å². The highest BCUT2D eigenvalue weighted by atomic mass is 32.1. The molecule has 6 rings (SSSR count). The van der Waals surface area contributed by atoms with Gasteiger partial charge in [0.05, 0.1) is 28.9 Å². The number of nitrogens with zero attached hydrogens (tertiary/aromatic N) is 4. The molecule has 0 bridgehead atoms. The van der Waals surface area contributed by atoms with E-state index in [0.29, 0.717) is 29.2 Å². The standard InChI is InChI=1S/C24H20N4O2S2/c1-14-21-16(13-17(18-5-3-10-30-18)25-23(21)27(2)26-14)24(29)28-9-7-19-15(8-12-32-19)22(28)20-6-4-11-31-20/h3-6,8,10-13,22H,7,9H2,1-2H3. The van der Waals surface area contributed by atoms with Crippen molar-refractivity contribution in [1.29, 1.82) is 0 Å². The number of pyridine rings is 1. The number of amides is 1. The molecule has 6 nitrogen and oxygen atoms in total. The highest BCUT2D eigenvalue weighted by Crippen LogP contribution is 2.41. The van der Waals surface area contributed by atoms with E-state index in [9.17, 15) is 4.79 Å². The number of aromatic nitrogens is 3. The lowest BCUT2D eigenvalue weighted by atomic mass is 9.96. The molecular weight excluding hydrogens is 440 g/mol. The van der Waals surface area contributed by atoms with Crippen molar-refractivity contribution in [2.45, 2.75) is 19.4 Å². The molecule has 1 atom stereocenters. The zero-order valence-corrected chi connectivity index (χ0v) is 19.2. The predicted octanol–water partition coefficient (Wildman–Crippen LogP) is 5.45. The fourth-order valence-electron chi connectivity index (χ4n) is 4.61. The van der Waals surface area contributed by atoms with Crippen LogP contribution < -0.4 is 0 Å². The first-order chi connectivity index (χ1) is 15.6. The summed E-state index contributed by atoms with van der Waals surface area (Å²) >= 11 is 3.47. The van der Waals surface area contributed by atoms with E-state index in [0.717, 1.165) is 17.5 Å². The minimum Gasteiger partial charge on any atom is -0.463 e. The van der Waals surface area contributed by atoms with Gasteiger partial charge in [-0.2, -0.15) is 5.10 Å². The van der Waals surface area contributed by atoms with Crippen molar-refractivity contribution in [3.8, 4) is 11.5 Å². The number of fused-ring (bicyclic) bond motifs is 2. The fraction of sp³-hybridized carbons (Fsp3) is 0.208. The van der Waals surface area contributed by atoms with Gasteiger partial charge in [-0.3, -0.25) is 9.48 Å². The summed E-state index contributed by atoms with van der Waals surface area (Å²) in [4.78, 5) is 23.5. The Kier molecular flexibility index (Phi) is 4.51. The number of hydrogen-bond acceptors (Lipinski definition) is 6. The molecule has 160 valence electrons. The van der Waals surface area contributed by atoms with Gasteiger partial charge >= 0.3 is 0 Å². The van der Waals surface area contributed by atoms with Gasteiger partial charge in [-0.15, -0.1) is 22.7 Å². The van der Waals surface area contributed by atoms with Crippen LogP contribution in [0.4, 0.5) is 0 Å². The average molecular weight is 461 g/mol. The van der Waals surface area contributed by atoms with E-state index in [1.165, 1.54) is 15.3 Å². The Bertz CT molecular complexity index is 1430. The largest absolute Gasteiger partial charge is 0.463 e. The second-order valence-corrected chi connectivity index (χ2v) is 9.89. The quantitative estimate of drug-likeness (QED) is 0.359. The third-order valence-corrected chi connectivity index (χ3v) is 7.93. The summed E-state index contributed by atoms with van der Waals surface area (Å²) in [6.45, 7) is 2.60. The van der Waals surface area contributed by atoms with E-state index < -0.39 is 0 Å². The normalized spacial score (nSPS) is 15.9. The Morgan fingerprint density at radius 1 is 1.19 bits per heavy atom. The first-order valence-electron chi connectivity index (χ1n) is 10.4. The molecule has 32 heavy (non-hydrogen) atoms. The predicted molar refractivity (Wildman–Crippen MR) is 126 cm³/mol. The fourth-order valence-corrected chi connectivity index (χ4v) is 6.37. The molecule has 5 aromatic heterocycles. The summed E-state index contributed by atoms with van der Waals surface area (Å²) in [5.41, 5.74) is 3.96. The Hall–Kier alpha value is -3.23. The first kappa shape index (κ1) is 19.5. The van der Waals surface area contributed by atoms with Gasteiger partial charge in [-0.25, -0.2) is 4.98 Å². The molecule has 0 radical (unpaired) electrons. The lowest BCUT2D eigenvalue weighted by Gasteiger charge is -2.35. The van der Waals surface area contributed by atoms with E-state index >= 15 is 0 Å². The van der Waals surface area contributed by atoms with Gasteiger partial charge in [0, 0.05) is 23.3 Å². The molecular formula is C24H20N4O2S2. The number of aryl methyl sites for hydroxylation is 2. The van der Waals surface area contributed by atoms with Crippen molar-refractivity contribution in [2.24, 2.45) is 7.05 Å². The Morgan fingerprint density at radius 3 is 2.88 bits per heavy atom. The third kappa shape index (κ3) is 2.94. The lowest BCUT2D eigenvalue weighted by molar-refractivity contribution is 0.0700. The van der Waals surface area contributed by atoms with Crippen LogP contribution in [0, 0.1) is 6.92 Å². The van der Waals surface area contributed by atoms with E-state index in [1.54, 1.807) is 33.6 Å². The minimum absolute atomic E-state index is 0.00319. The molecule has 1 aliphatic rings. The van der Waals surface area contributed by atoms with Crippen molar-refractivity contribution in [1.82, 2.24) is 19.7 Å². The molecule has 8 heteroatoms. The van der Waals surface area contributed by atoms with E-state index in [2.05, 4.69) is 28.0 Å². The van der Waals surface area contributed by atoms with Crippen molar-refractivity contribution < 1.29 is 9.21 Å². The number of rotatable bonds is 3. The molecule has 0 saturated carbocycles. The van der Waals surface area contributed by atoms with Crippen molar-refractivity contribution in [3.05, 3.63) is 80.0 Å². The zero-order valence-electron chi connectivity index (χ0n) is 17.6. The van der Waals surface area contributed by atoms with Crippen LogP contribution in [0.3, 0.4) is 0 Å².